The fourth-order valence-corrected chi connectivity index (χ4v) is 4.87. The van der Waals surface area contributed by atoms with Gasteiger partial charge in [0.15, 0.2) is 5.82 Å². The molecule has 188 valence electrons. The molecule has 1 amide bonds. The van der Waals surface area contributed by atoms with E-state index in [0.717, 1.165) is 24.9 Å². The lowest BCUT2D eigenvalue weighted by molar-refractivity contribution is -0.111. The molecule has 1 aliphatic heterocycles. The predicted molar refractivity (Wildman–Crippen MR) is 148 cm³/mol. The highest BCUT2D eigenvalue weighted by molar-refractivity contribution is 6.42. The van der Waals surface area contributed by atoms with Gasteiger partial charge in [0.1, 0.15) is 12.1 Å². The van der Waals surface area contributed by atoms with Crippen molar-refractivity contribution in [2.24, 2.45) is 0 Å². The van der Waals surface area contributed by atoms with Gasteiger partial charge in [-0.05, 0) is 56.3 Å². The highest BCUT2D eigenvalue weighted by Gasteiger charge is 2.20. The Balaban J connectivity index is 1.59. The Bertz CT molecular complexity index is 1500. The molecule has 0 spiro atoms. The van der Waals surface area contributed by atoms with E-state index in [4.69, 9.17) is 23.2 Å². The number of carbonyl (C=O) groups is 1. The van der Waals surface area contributed by atoms with Crippen molar-refractivity contribution in [1.82, 2.24) is 14.9 Å². The molecule has 1 saturated heterocycles. The van der Waals surface area contributed by atoms with E-state index in [0.29, 0.717) is 28.0 Å². The molecule has 9 heteroatoms. The fourth-order valence-electron chi connectivity index (χ4n) is 4.56. The van der Waals surface area contributed by atoms with Crippen LogP contribution in [0.15, 0.2) is 73.1 Å². The quantitative estimate of drug-likeness (QED) is 0.204. The van der Waals surface area contributed by atoms with Crippen LogP contribution in [0.5, 0.6) is 0 Å². The maximum absolute atomic E-state index is 14.9. The van der Waals surface area contributed by atoms with Crippen molar-refractivity contribution < 1.29 is 9.18 Å². The van der Waals surface area contributed by atoms with E-state index in [1.54, 1.807) is 12.1 Å². The Morgan fingerprint density at radius 1 is 1.08 bits per heavy atom. The van der Waals surface area contributed by atoms with Gasteiger partial charge in [0.25, 0.3) is 0 Å². The highest BCUT2D eigenvalue weighted by atomic mass is 35.5. The molecule has 0 unspecified atom stereocenters. The molecule has 2 N–H and O–H groups in total. The molecule has 1 aliphatic rings. The smallest absolute Gasteiger partial charge is 0.248 e. The molecule has 4 aromatic rings. The highest BCUT2D eigenvalue weighted by Crippen LogP contribution is 2.40. The summed E-state index contributed by atoms with van der Waals surface area (Å²) in [6.45, 7) is 1.02. The van der Waals surface area contributed by atoms with Crippen LogP contribution < -0.4 is 10.6 Å². The molecule has 1 atom stereocenters. The van der Waals surface area contributed by atoms with E-state index < -0.39 is 5.82 Å². The number of anilines is 3. The van der Waals surface area contributed by atoms with E-state index in [9.17, 15) is 9.18 Å². The number of fused-ring (bicyclic) bond motifs is 1. The summed E-state index contributed by atoms with van der Waals surface area (Å²) < 4.78 is 14.9. The molecular formula is C28H24Cl2FN5O. The van der Waals surface area contributed by atoms with Gasteiger partial charge in [0.05, 0.1) is 26.6 Å². The van der Waals surface area contributed by atoms with Crippen LogP contribution >= 0.6 is 23.2 Å². The molecule has 5 rings (SSSR count). The number of likely N-dealkylation sites (N-methyl/N-ethyl adjacent to an activating group) is 1. The minimum Gasteiger partial charge on any atom is -0.337 e. The van der Waals surface area contributed by atoms with Crippen LogP contribution in [0, 0.1) is 5.82 Å². The third-order valence-corrected chi connectivity index (χ3v) is 7.24. The van der Waals surface area contributed by atoms with Crippen molar-refractivity contribution in [1.29, 1.82) is 0 Å². The van der Waals surface area contributed by atoms with Gasteiger partial charge >= 0.3 is 0 Å². The van der Waals surface area contributed by atoms with Crippen LogP contribution in [0.1, 0.15) is 12.8 Å². The average molecular weight is 536 g/mol. The molecule has 37 heavy (non-hydrogen) atoms. The first-order valence-corrected chi connectivity index (χ1v) is 12.6. The Morgan fingerprint density at radius 3 is 2.62 bits per heavy atom. The number of nitrogens with zero attached hydrogens (tertiary/aromatic N) is 3. The molecule has 0 bridgehead atoms. The predicted octanol–water partition coefficient (Wildman–Crippen LogP) is 7.08. The second-order valence-corrected chi connectivity index (χ2v) is 9.64. The van der Waals surface area contributed by atoms with Crippen LogP contribution in [0.3, 0.4) is 0 Å². The molecular weight excluding hydrogens is 512 g/mol. The van der Waals surface area contributed by atoms with Crippen molar-refractivity contribution in [3.05, 3.63) is 88.9 Å². The largest absolute Gasteiger partial charge is 0.337 e. The zero-order valence-electron chi connectivity index (χ0n) is 20.0. The second kappa shape index (κ2) is 10.8. The van der Waals surface area contributed by atoms with E-state index in [-0.39, 0.29) is 27.7 Å². The van der Waals surface area contributed by atoms with E-state index in [2.05, 4.69) is 32.5 Å². The van der Waals surface area contributed by atoms with Crippen molar-refractivity contribution >= 4 is 57.2 Å². The number of likely N-dealkylation sites (tertiary alicyclic amines) is 1. The lowest BCUT2D eigenvalue weighted by atomic mass is 9.98. The zero-order valence-corrected chi connectivity index (χ0v) is 21.5. The van der Waals surface area contributed by atoms with Gasteiger partial charge < -0.3 is 10.6 Å². The summed E-state index contributed by atoms with van der Waals surface area (Å²) in [5.41, 5.74) is 2.88. The molecule has 0 aliphatic carbocycles. The number of benzene rings is 3. The zero-order chi connectivity index (χ0) is 25.9. The SMILES string of the molecule is CN1CCC[C@@H]1/C=C/C(=O)Nc1ccc2ncnc(Nc3ccc(Cl)c(Cl)c3F)c2c1-c1ccccc1. The van der Waals surface area contributed by atoms with E-state index in [1.165, 1.54) is 18.5 Å². The maximum Gasteiger partial charge on any atom is 0.248 e. The Labute approximate surface area is 224 Å². The monoisotopic (exact) mass is 535 g/mol. The topological polar surface area (TPSA) is 70.2 Å². The first-order chi connectivity index (χ1) is 17.9. The minimum atomic E-state index is -0.686. The summed E-state index contributed by atoms with van der Waals surface area (Å²) in [7, 11) is 2.06. The lowest BCUT2D eigenvalue weighted by Gasteiger charge is -2.17. The number of nitrogens with one attached hydrogen (secondary N) is 2. The van der Waals surface area contributed by atoms with Crippen molar-refractivity contribution in [2.75, 3.05) is 24.2 Å². The standard InChI is InChI=1S/C28H24Cl2FN5O/c1-36-15-5-8-18(36)9-14-23(37)34-21-13-12-20-25(24(21)17-6-3-2-4-7-17)28(33-16-32-20)35-22-11-10-19(29)26(30)27(22)31/h2-4,6-7,9-14,16,18H,5,8,15H2,1H3,(H,34,37)(H,32,33,35)/b14-9+/t18-/m1/s1. The number of hydrogen-bond acceptors (Lipinski definition) is 5. The van der Waals surface area contributed by atoms with Gasteiger partial charge in [0.2, 0.25) is 5.91 Å². The van der Waals surface area contributed by atoms with Crippen LogP contribution in [-0.4, -0.2) is 40.4 Å². The van der Waals surface area contributed by atoms with Gasteiger partial charge in [-0.3, -0.25) is 9.69 Å². The summed E-state index contributed by atoms with van der Waals surface area (Å²) in [6, 6.07) is 16.5. The molecule has 6 nitrogen and oxygen atoms in total. The second-order valence-electron chi connectivity index (χ2n) is 8.86. The number of amides is 1. The fraction of sp³-hybridized carbons (Fsp3) is 0.179. The molecule has 0 saturated carbocycles. The number of halogens is 3. The Kier molecular flexibility index (Phi) is 7.37. The third-order valence-electron chi connectivity index (χ3n) is 6.46. The van der Waals surface area contributed by atoms with Crippen LogP contribution in [-0.2, 0) is 4.79 Å². The molecule has 2 heterocycles. The number of aromatic nitrogens is 2. The normalized spacial score (nSPS) is 15.9. The van der Waals surface area contributed by atoms with E-state index >= 15 is 0 Å². The van der Waals surface area contributed by atoms with Crippen molar-refractivity contribution in [3.63, 3.8) is 0 Å². The Hall–Kier alpha value is -3.52. The van der Waals surface area contributed by atoms with Gasteiger partial charge in [0, 0.05) is 23.4 Å². The Morgan fingerprint density at radius 2 is 1.86 bits per heavy atom. The minimum absolute atomic E-state index is 0.115. The van der Waals surface area contributed by atoms with Gasteiger partial charge in [-0.25, -0.2) is 14.4 Å². The van der Waals surface area contributed by atoms with Crippen LogP contribution in [0.25, 0.3) is 22.0 Å². The number of hydrogen-bond donors (Lipinski definition) is 2. The van der Waals surface area contributed by atoms with Gasteiger partial charge in [-0.15, -0.1) is 0 Å². The lowest BCUT2D eigenvalue weighted by Crippen LogP contribution is -2.23. The summed E-state index contributed by atoms with van der Waals surface area (Å²) in [4.78, 5) is 24.0. The summed E-state index contributed by atoms with van der Waals surface area (Å²) in [5, 5.41) is 6.62. The average Bonchev–Trinajstić information content (AvgIpc) is 3.33. The first-order valence-electron chi connectivity index (χ1n) is 11.9. The van der Waals surface area contributed by atoms with E-state index in [1.807, 2.05) is 42.5 Å². The summed E-state index contributed by atoms with van der Waals surface area (Å²) in [6.07, 6.45) is 7.06. The van der Waals surface area contributed by atoms with Crippen LogP contribution in [0.4, 0.5) is 21.6 Å². The van der Waals surface area contributed by atoms with Gasteiger partial charge in [-0.1, -0.05) is 59.6 Å². The molecule has 3 aromatic carbocycles. The van der Waals surface area contributed by atoms with Gasteiger partial charge in [-0.2, -0.15) is 0 Å². The summed E-state index contributed by atoms with van der Waals surface area (Å²) >= 11 is 12.0. The number of carbonyl (C=O) groups excluding carboxylic acids is 1. The van der Waals surface area contributed by atoms with Crippen molar-refractivity contribution in [3.8, 4) is 11.1 Å². The summed E-state index contributed by atoms with van der Waals surface area (Å²) in [5.74, 6) is -0.562. The first kappa shape index (κ1) is 25.1. The van der Waals surface area contributed by atoms with Crippen LogP contribution in [0.2, 0.25) is 10.0 Å². The molecule has 0 radical (unpaired) electrons. The third kappa shape index (κ3) is 5.30. The number of rotatable bonds is 6. The maximum atomic E-state index is 14.9. The van der Waals surface area contributed by atoms with Crippen molar-refractivity contribution in [2.45, 2.75) is 18.9 Å². The molecule has 1 aromatic heterocycles. The molecule has 1 fully saturated rings.